The van der Waals surface area contributed by atoms with Crippen LogP contribution in [0.15, 0.2) is 30.7 Å². The first-order valence-corrected chi connectivity index (χ1v) is 6.82. The van der Waals surface area contributed by atoms with Crippen molar-refractivity contribution in [1.82, 2.24) is 9.97 Å². The summed E-state index contributed by atoms with van der Waals surface area (Å²) in [5.41, 5.74) is -4.24. The maximum Gasteiger partial charge on any atom is 0.431 e. The zero-order valence-corrected chi connectivity index (χ0v) is 11.9. The molecule has 0 aliphatic heterocycles. The molecular formula is C12H9F6N3OS. The molecule has 2 aromatic heterocycles. The van der Waals surface area contributed by atoms with E-state index in [1.807, 2.05) is 0 Å². The Hall–Kier alpha value is -1.88. The van der Waals surface area contributed by atoms with Gasteiger partial charge in [0.15, 0.2) is 5.13 Å². The monoisotopic (exact) mass is 357 g/mol. The lowest BCUT2D eigenvalue weighted by Crippen LogP contribution is -2.53. The summed E-state index contributed by atoms with van der Waals surface area (Å²) in [6.45, 7) is 0.131. The van der Waals surface area contributed by atoms with E-state index >= 15 is 0 Å². The molecule has 0 amide bonds. The van der Waals surface area contributed by atoms with Crippen molar-refractivity contribution < 1.29 is 31.4 Å². The van der Waals surface area contributed by atoms with Gasteiger partial charge in [-0.1, -0.05) is 11.3 Å². The van der Waals surface area contributed by atoms with Gasteiger partial charge in [0.2, 0.25) is 0 Å². The van der Waals surface area contributed by atoms with Gasteiger partial charge in [0, 0.05) is 25.1 Å². The molecule has 0 saturated carbocycles. The third-order valence-corrected chi connectivity index (χ3v) is 3.94. The molecular weight excluding hydrogens is 348 g/mol. The molecule has 4 nitrogen and oxygen atoms in total. The van der Waals surface area contributed by atoms with Crippen LogP contribution in [0.1, 0.15) is 10.4 Å². The molecule has 0 bridgehead atoms. The maximum absolute atomic E-state index is 12.7. The Morgan fingerprint density at radius 2 is 1.61 bits per heavy atom. The van der Waals surface area contributed by atoms with Crippen LogP contribution in [0.5, 0.6) is 0 Å². The summed E-state index contributed by atoms with van der Waals surface area (Å²) < 4.78 is 76.4. The van der Waals surface area contributed by atoms with E-state index in [0.717, 1.165) is 0 Å². The first-order chi connectivity index (χ1) is 10.6. The third-order valence-electron chi connectivity index (χ3n) is 2.88. The fourth-order valence-corrected chi connectivity index (χ4v) is 2.58. The van der Waals surface area contributed by atoms with Crippen molar-refractivity contribution in [2.75, 3.05) is 5.32 Å². The minimum Gasteiger partial charge on any atom is -0.369 e. The number of hydrogen-bond acceptors (Lipinski definition) is 5. The topological polar surface area (TPSA) is 58.0 Å². The van der Waals surface area contributed by atoms with Crippen LogP contribution in [0.2, 0.25) is 0 Å². The highest BCUT2D eigenvalue weighted by atomic mass is 32.1. The lowest BCUT2D eigenvalue weighted by atomic mass is 10.0. The summed E-state index contributed by atoms with van der Waals surface area (Å²) in [5, 5.41) is 11.7. The van der Waals surface area contributed by atoms with E-state index < -0.39 is 22.8 Å². The van der Waals surface area contributed by atoms with Crippen LogP contribution in [0, 0.1) is 0 Å². The maximum atomic E-state index is 12.7. The van der Waals surface area contributed by atoms with E-state index in [1.165, 1.54) is 12.4 Å². The molecule has 0 unspecified atom stereocenters. The number of hydrogen-bond donors (Lipinski definition) is 2. The van der Waals surface area contributed by atoms with Gasteiger partial charge in [0.1, 0.15) is 0 Å². The molecule has 2 rings (SSSR count). The number of anilines is 1. The third kappa shape index (κ3) is 3.39. The van der Waals surface area contributed by atoms with Crippen LogP contribution < -0.4 is 5.32 Å². The molecule has 2 N–H and O–H groups in total. The van der Waals surface area contributed by atoms with Crippen molar-refractivity contribution >= 4 is 16.5 Å². The van der Waals surface area contributed by atoms with Gasteiger partial charge in [-0.2, -0.15) is 26.3 Å². The second-order valence-electron chi connectivity index (χ2n) is 4.44. The molecule has 0 aromatic carbocycles. The largest absolute Gasteiger partial charge is 0.431 e. The number of nitrogens with zero attached hydrogens (tertiary/aromatic N) is 2. The Balaban J connectivity index is 2.23. The number of aromatic nitrogens is 2. The molecule has 0 radical (unpaired) electrons. The molecule has 0 aliphatic rings. The smallest absolute Gasteiger partial charge is 0.369 e. The van der Waals surface area contributed by atoms with Crippen LogP contribution in [0.25, 0.3) is 0 Å². The van der Waals surface area contributed by atoms with E-state index in [9.17, 15) is 31.4 Å². The van der Waals surface area contributed by atoms with Gasteiger partial charge in [-0.3, -0.25) is 4.98 Å². The normalized spacial score (nSPS) is 13.2. The van der Waals surface area contributed by atoms with Crippen LogP contribution in [-0.2, 0) is 12.1 Å². The zero-order chi connectivity index (χ0) is 17.3. The van der Waals surface area contributed by atoms with Crippen LogP contribution >= 0.6 is 11.3 Å². The fourth-order valence-electron chi connectivity index (χ4n) is 1.64. The van der Waals surface area contributed by atoms with Gasteiger partial charge in [-0.15, -0.1) is 0 Å². The summed E-state index contributed by atoms with van der Waals surface area (Å²) in [4.78, 5) is 5.87. The van der Waals surface area contributed by atoms with Crippen molar-refractivity contribution in [3.8, 4) is 0 Å². The highest BCUT2D eigenvalue weighted by molar-refractivity contribution is 7.15. The van der Waals surface area contributed by atoms with Crippen LogP contribution in [-0.4, -0.2) is 27.4 Å². The van der Waals surface area contributed by atoms with E-state index in [0.29, 0.717) is 11.8 Å². The molecule has 2 aromatic rings. The van der Waals surface area contributed by atoms with Gasteiger partial charge >= 0.3 is 12.4 Å². The van der Waals surface area contributed by atoms with E-state index in [1.54, 1.807) is 12.1 Å². The minimum atomic E-state index is -5.92. The molecule has 2 heterocycles. The summed E-state index contributed by atoms with van der Waals surface area (Å²) in [6.07, 6.45) is -8.51. The Morgan fingerprint density at radius 3 is 2.13 bits per heavy atom. The number of halogens is 6. The fraction of sp³-hybridized carbons (Fsp3) is 0.333. The van der Waals surface area contributed by atoms with Gasteiger partial charge < -0.3 is 10.4 Å². The lowest BCUT2D eigenvalue weighted by Gasteiger charge is -2.30. The van der Waals surface area contributed by atoms with Crippen molar-refractivity contribution in [3.63, 3.8) is 0 Å². The number of aliphatic hydroxyl groups is 1. The second kappa shape index (κ2) is 5.96. The highest BCUT2D eigenvalue weighted by Gasteiger charge is 2.72. The predicted octanol–water partition coefficient (Wildman–Crippen LogP) is 3.46. The van der Waals surface area contributed by atoms with Crippen LogP contribution in [0.4, 0.5) is 31.5 Å². The van der Waals surface area contributed by atoms with E-state index in [-0.39, 0.29) is 23.0 Å². The molecule has 23 heavy (non-hydrogen) atoms. The van der Waals surface area contributed by atoms with Crippen molar-refractivity contribution in [2.45, 2.75) is 24.5 Å². The number of alkyl halides is 6. The summed E-state index contributed by atoms with van der Waals surface area (Å²) >= 11 is 0.0850. The summed E-state index contributed by atoms with van der Waals surface area (Å²) in [7, 11) is 0. The van der Waals surface area contributed by atoms with Crippen molar-refractivity contribution in [3.05, 3.63) is 41.2 Å². The van der Waals surface area contributed by atoms with Gasteiger partial charge in [-0.25, -0.2) is 4.98 Å². The Labute approximate surface area is 129 Å². The number of thiazole rings is 1. The quantitative estimate of drug-likeness (QED) is 0.823. The first kappa shape index (κ1) is 17.5. The van der Waals surface area contributed by atoms with Crippen molar-refractivity contribution in [1.29, 1.82) is 0 Å². The molecule has 0 fully saturated rings. The SMILES string of the molecule is OC(c1cnc(NCc2ccncc2)s1)(C(F)(F)F)C(F)(F)F. The molecule has 0 aliphatic carbocycles. The number of rotatable bonds is 4. The predicted molar refractivity (Wildman–Crippen MR) is 69.7 cm³/mol. The first-order valence-electron chi connectivity index (χ1n) is 6.00. The van der Waals surface area contributed by atoms with Gasteiger partial charge in [0.25, 0.3) is 5.60 Å². The Morgan fingerprint density at radius 1 is 1.04 bits per heavy atom. The zero-order valence-electron chi connectivity index (χ0n) is 11.1. The van der Waals surface area contributed by atoms with Crippen molar-refractivity contribution in [2.24, 2.45) is 0 Å². The highest BCUT2D eigenvalue weighted by Crippen LogP contribution is 2.51. The van der Waals surface area contributed by atoms with E-state index in [4.69, 9.17) is 0 Å². The summed E-state index contributed by atoms with van der Waals surface area (Å²) in [5.74, 6) is 0. The molecule has 0 saturated heterocycles. The van der Waals surface area contributed by atoms with Crippen LogP contribution in [0.3, 0.4) is 0 Å². The lowest BCUT2D eigenvalue weighted by molar-refractivity contribution is -0.375. The average Bonchev–Trinajstić information content (AvgIpc) is 2.92. The summed E-state index contributed by atoms with van der Waals surface area (Å²) in [6, 6.07) is 3.23. The van der Waals surface area contributed by atoms with E-state index in [2.05, 4.69) is 15.3 Å². The standard InChI is InChI=1S/C12H9F6N3OS/c13-11(14,15)10(22,12(16,17)18)8-6-21-9(23-8)20-5-7-1-3-19-4-2-7/h1-4,6,22H,5H2,(H,20,21). The van der Waals surface area contributed by atoms with Gasteiger partial charge in [0.05, 0.1) is 4.88 Å². The Bertz CT molecular complexity index is 641. The second-order valence-corrected chi connectivity index (χ2v) is 5.48. The molecule has 0 atom stereocenters. The number of nitrogens with one attached hydrogen (secondary N) is 1. The molecule has 0 spiro atoms. The molecule has 126 valence electrons. The van der Waals surface area contributed by atoms with Gasteiger partial charge in [-0.05, 0) is 17.7 Å². The average molecular weight is 357 g/mol. The molecule has 11 heteroatoms. The Kier molecular flexibility index (Phi) is 4.53. The minimum absolute atomic E-state index is 0.0850. The number of pyridine rings is 1.